The quantitative estimate of drug-likeness (QED) is 0.859. The Labute approximate surface area is 141 Å². The molecule has 2 aliphatic heterocycles. The zero-order valence-corrected chi connectivity index (χ0v) is 14.8. The van der Waals surface area contributed by atoms with Crippen molar-refractivity contribution in [3.63, 3.8) is 0 Å². The van der Waals surface area contributed by atoms with E-state index in [1.54, 1.807) is 0 Å². The van der Waals surface area contributed by atoms with Crippen molar-refractivity contribution in [1.82, 2.24) is 15.1 Å². The predicted molar refractivity (Wildman–Crippen MR) is 92.5 cm³/mol. The summed E-state index contributed by atoms with van der Waals surface area (Å²) >= 11 is 0. The summed E-state index contributed by atoms with van der Waals surface area (Å²) in [5, 5.41) is 3.49. The minimum Gasteiger partial charge on any atom is -0.339 e. The maximum Gasteiger partial charge on any atom is 0.236 e. The Kier molecular flexibility index (Phi) is 6.54. The predicted octanol–water partition coefficient (Wildman–Crippen LogP) is 2.27. The van der Waals surface area contributed by atoms with E-state index in [0.717, 1.165) is 32.7 Å². The van der Waals surface area contributed by atoms with Gasteiger partial charge in [0.25, 0.3) is 0 Å². The molecule has 2 saturated heterocycles. The fourth-order valence-electron chi connectivity index (χ4n) is 4.62. The molecule has 3 rings (SSSR count). The van der Waals surface area contributed by atoms with Crippen LogP contribution in [-0.2, 0) is 4.79 Å². The average Bonchev–Trinajstić information content (AvgIpc) is 3.11. The van der Waals surface area contributed by atoms with E-state index in [-0.39, 0.29) is 12.4 Å². The molecule has 4 nitrogen and oxygen atoms in total. The lowest BCUT2D eigenvalue weighted by atomic mass is 9.87. The van der Waals surface area contributed by atoms with E-state index in [2.05, 4.69) is 22.0 Å². The van der Waals surface area contributed by atoms with Gasteiger partial charge in [-0.3, -0.25) is 9.69 Å². The second-order valence-electron chi connectivity index (χ2n) is 7.36. The van der Waals surface area contributed by atoms with Gasteiger partial charge >= 0.3 is 0 Å². The van der Waals surface area contributed by atoms with E-state index in [4.69, 9.17) is 0 Å². The molecule has 2 heterocycles. The highest BCUT2D eigenvalue weighted by Gasteiger charge is 2.41. The molecule has 1 unspecified atom stereocenters. The number of nitrogens with one attached hydrogen (secondary N) is 1. The molecule has 0 aromatic rings. The summed E-state index contributed by atoms with van der Waals surface area (Å²) < 4.78 is 0. The first-order chi connectivity index (χ1) is 10.2. The minimum absolute atomic E-state index is 0. The van der Waals surface area contributed by atoms with E-state index < -0.39 is 0 Å². The zero-order valence-electron chi connectivity index (χ0n) is 14.0. The number of likely N-dealkylation sites (N-methyl/N-ethyl adjacent to an activating group) is 1. The van der Waals surface area contributed by atoms with E-state index in [1.165, 1.54) is 44.9 Å². The molecule has 0 aromatic heterocycles. The third-order valence-corrected chi connectivity index (χ3v) is 5.88. The summed E-state index contributed by atoms with van der Waals surface area (Å²) in [6.07, 6.45) is 8.94. The van der Waals surface area contributed by atoms with Gasteiger partial charge in [-0.25, -0.2) is 0 Å². The first kappa shape index (κ1) is 18.0. The molecule has 128 valence electrons. The molecule has 1 amide bonds. The van der Waals surface area contributed by atoms with E-state index in [9.17, 15) is 4.79 Å². The standard InChI is InChI=1S/C17H31N3O.ClH/c1-2-20(15-6-4-3-5-7-15)16(21)12-19-11-9-17(14-19)8-10-18-13-17;/h15,18H,2-14H2,1H3;1H. The van der Waals surface area contributed by atoms with Gasteiger partial charge in [0.15, 0.2) is 0 Å². The van der Waals surface area contributed by atoms with Gasteiger partial charge in [-0.05, 0) is 51.1 Å². The van der Waals surface area contributed by atoms with Crippen molar-refractivity contribution < 1.29 is 4.79 Å². The summed E-state index contributed by atoms with van der Waals surface area (Å²) in [5.41, 5.74) is 0.474. The molecule has 0 radical (unpaired) electrons. The molecule has 0 bridgehead atoms. The Morgan fingerprint density at radius 3 is 2.68 bits per heavy atom. The molecule has 3 aliphatic rings. The lowest BCUT2D eigenvalue weighted by Crippen LogP contribution is -2.46. The van der Waals surface area contributed by atoms with Crippen LogP contribution in [0.3, 0.4) is 0 Å². The van der Waals surface area contributed by atoms with Crippen molar-refractivity contribution in [3.8, 4) is 0 Å². The van der Waals surface area contributed by atoms with Gasteiger partial charge in [-0.1, -0.05) is 19.3 Å². The first-order valence-electron chi connectivity index (χ1n) is 8.95. The van der Waals surface area contributed by atoms with Crippen molar-refractivity contribution in [2.75, 3.05) is 39.3 Å². The van der Waals surface area contributed by atoms with Gasteiger partial charge in [0, 0.05) is 25.7 Å². The number of amides is 1. The van der Waals surface area contributed by atoms with Crippen LogP contribution in [0.2, 0.25) is 0 Å². The lowest BCUT2D eigenvalue weighted by Gasteiger charge is -2.34. The van der Waals surface area contributed by atoms with Crippen molar-refractivity contribution in [3.05, 3.63) is 0 Å². The van der Waals surface area contributed by atoms with Crippen LogP contribution < -0.4 is 5.32 Å². The highest BCUT2D eigenvalue weighted by Crippen LogP contribution is 2.36. The fourth-order valence-corrected chi connectivity index (χ4v) is 4.62. The number of halogens is 1. The van der Waals surface area contributed by atoms with Crippen LogP contribution in [0.5, 0.6) is 0 Å². The smallest absolute Gasteiger partial charge is 0.236 e. The van der Waals surface area contributed by atoms with E-state index in [1.807, 2.05) is 0 Å². The average molecular weight is 330 g/mol. The number of hydrogen-bond donors (Lipinski definition) is 1. The number of carbonyl (C=O) groups excluding carboxylic acids is 1. The number of carbonyl (C=O) groups is 1. The maximum atomic E-state index is 12.7. The zero-order chi connectivity index (χ0) is 14.7. The minimum atomic E-state index is 0. The van der Waals surface area contributed by atoms with Crippen molar-refractivity contribution in [2.45, 2.75) is 57.9 Å². The first-order valence-corrected chi connectivity index (χ1v) is 8.95. The molecule has 1 aliphatic carbocycles. The maximum absolute atomic E-state index is 12.7. The number of rotatable bonds is 4. The number of hydrogen-bond acceptors (Lipinski definition) is 3. The molecular formula is C17H32ClN3O. The molecule has 22 heavy (non-hydrogen) atoms. The Morgan fingerprint density at radius 1 is 1.27 bits per heavy atom. The van der Waals surface area contributed by atoms with Crippen LogP contribution in [0, 0.1) is 5.41 Å². The van der Waals surface area contributed by atoms with Gasteiger partial charge in [0.1, 0.15) is 0 Å². The number of likely N-dealkylation sites (tertiary alicyclic amines) is 1. The highest BCUT2D eigenvalue weighted by atomic mass is 35.5. The summed E-state index contributed by atoms with van der Waals surface area (Å²) in [5.74, 6) is 0.368. The summed E-state index contributed by atoms with van der Waals surface area (Å²) in [6.45, 7) is 8.20. The fraction of sp³-hybridized carbons (Fsp3) is 0.941. The third-order valence-electron chi connectivity index (χ3n) is 5.88. The molecule has 5 heteroatoms. The van der Waals surface area contributed by atoms with Crippen LogP contribution in [0.1, 0.15) is 51.9 Å². The van der Waals surface area contributed by atoms with Crippen LogP contribution >= 0.6 is 12.4 Å². The van der Waals surface area contributed by atoms with E-state index in [0.29, 0.717) is 23.9 Å². The third kappa shape index (κ3) is 3.95. The van der Waals surface area contributed by atoms with E-state index >= 15 is 0 Å². The lowest BCUT2D eigenvalue weighted by molar-refractivity contribution is -0.135. The highest BCUT2D eigenvalue weighted by molar-refractivity contribution is 5.85. The molecule has 1 spiro atoms. The Balaban J connectivity index is 0.00000176. The van der Waals surface area contributed by atoms with Crippen LogP contribution in [-0.4, -0.2) is 61.0 Å². The normalized spacial score (nSPS) is 29.7. The molecule has 1 N–H and O–H groups in total. The van der Waals surface area contributed by atoms with Gasteiger partial charge in [0.05, 0.1) is 6.54 Å². The van der Waals surface area contributed by atoms with Gasteiger partial charge in [0.2, 0.25) is 5.91 Å². The van der Waals surface area contributed by atoms with Gasteiger partial charge in [-0.15, -0.1) is 12.4 Å². The van der Waals surface area contributed by atoms with Crippen molar-refractivity contribution in [2.24, 2.45) is 5.41 Å². The summed E-state index contributed by atoms with van der Waals surface area (Å²) in [6, 6.07) is 0.515. The van der Waals surface area contributed by atoms with Crippen molar-refractivity contribution in [1.29, 1.82) is 0 Å². The summed E-state index contributed by atoms with van der Waals surface area (Å²) in [4.78, 5) is 17.3. The van der Waals surface area contributed by atoms with Gasteiger partial charge < -0.3 is 10.2 Å². The Hall–Kier alpha value is -0.320. The second kappa shape index (κ2) is 7.98. The monoisotopic (exact) mass is 329 g/mol. The molecule has 1 saturated carbocycles. The number of nitrogens with zero attached hydrogens (tertiary/aromatic N) is 2. The van der Waals surface area contributed by atoms with Crippen LogP contribution in [0.25, 0.3) is 0 Å². The molecule has 1 atom stereocenters. The molecular weight excluding hydrogens is 298 g/mol. The molecule has 0 aromatic carbocycles. The van der Waals surface area contributed by atoms with Crippen LogP contribution in [0.4, 0.5) is 0 Å². The Morgan fingerprint density at radius 2 is 2.05 bits per heavy atom. The second-order valence-corrected chi connectivity index (χ2v) is 7.36. The van der Waals surface area contributed by atoms with Crippen LogP contribution in [0.15, 0.2) is 0 Å². The summed E-state index contributed by atoms with van der Waals surface area (Å²) in [7, 11) is 0. The Bertz CT molecular complexity index is 365. The molecule has 3 fully saturated rings. The SMILES string of the molecule is CCN(C(=O)CN1CCC2(CCNC2)C1)C1CCCCC1.Cl. The largest absolute Gasteiger partial charge is 0.339 e. The van der Waals surface area contributed by atoms with Gasteiger partial charge in [-0.2, -0.15) is 0 Å². The van der Waals surface area contributed by atoms with Crippen molar-refractivity contribution >= 4 is 18.3 Å². The topological polar surface area (TPSA) is 35.6 Å².